The van der Waals surface area contributed by atoms with E-state index in [1.54, 1.807) is 6.92 Å². The molecule has 6 heteroatoms. The first kappa shape index (κ1) is 14.8. The predicted molar refractivity (Wildman–Crippen MR) is 59.4 cm³/mol. The molecule has 0 aromatic carbocycles. The zero-order chi connectivity index (χ0) is 13.0. The van der Waals surface area contributed by atoms with Crippen molar-refractivity contribution in [2.75, 3.05) is 13.2 Å². The number of ether oxygens (including phenoxy) is 3. The van der Waals surface area contributed by atoms with Crippen molar-refractivity contribution >= 4 is 0 Å². The van der Waals surface area contributed by atoms with Crippen LogP contribution < -0.4 is 0 Å². The van der Waals surface area contributed by atoms with Crippen molar-refractivity contribution in [1.82, 2.24) is 0 Å². The molecule has 0 unspecified atom stereocenters. The Bertz CT molecular complexity index is 222. The molecule has 1 fully saturated rings. The van der Waals surface area contributed by atoms with Gasteiger partial charge < -0.3 is 29.5 Å². The van der Waals surface area contributed by atoms with E-state index in [1.807, 2.05) is 13.8 Å². The third-order valence-electron chi connectivity index (χ3n) is 2.58. The van der Waals surface area contributed by atoms with E-state index >= 15 is 0 Å². The van der Waals surface area contributed by atoms with Gasteiger partial charge in [-0.05, 0) is 20.8 Å². The lowest BCUT2D eigenvalue weighted by Crippen LogP contribution is -2.60. The van der Waals surface area contributed by atoms with Gasteiger partial charge in [0.05, 0.1) is 12.7 Å². The Balaban J connectivity index is 2.75. The maximum absolute atomic E-state index is 9.94. The van der Waals surface area contributed by atoms with Gasteiger partial charge in [0, 0.05) is 6.61 Å². The average molecular weight is 250 g/mol. The number of aliphatic hydroxyl groups is 3. The Labute approximate surface area is 101 Å². The van der Waals surface area contributed by atoms with Crippen LogP contribution in [0, 0.1) is 0 Å². The van der Waals surface area contributed by atoms with Gasteiger partial charge in [0.15, 0.2) is 6.29 Å². The Morgan fingerprint density at radius 3 is 2.35 bits per heavy atom. The lowest BCUT2D eigenvalue weighted by atomic mass is 9.99. The second-order valence-corrected chi connectivity index (χ2v) is 4.31. The van der Waals surface area contributed by atoms with Gasteiger partial charge >= 0.3 is 0 Å². The Morgan fingerprint density at radius 2 is 1.88 bits per heavy atom. The third kappa shape index (κ3) is 3.61. The molecular weight excluding hydrogens is 228 g/mol. The molecule has 1 aliphatic rings. The second kappa shape index (κ2) is 6.63. The molecule has 0 saturated carbocycles. The highest BCUT2D eigenvalue weighted by molar-refractivity contribution is 4.90. The van der Waals surface area contributed by atoms with Gasteiger partial charge in [0.2, 0.25) is 0 Å². The highest BCUT2D eigenvalue weighted by atomic mass is 16.7. The van der Waals surface area contributed by atoms with E-state index in [2.05, 4.69) is 0 Å². The zero-order valence-electron chi connectivity index (χ0n) is 10.4. The molecule has 0 aromatic rings. The smallest absolute Gasteiger partial charge is 0.186 e. The first-order valence-corrected chi connectivity index (χ1v) is 5.90. The monoisotopic (exact) mass is 250 g/mol. The Hall–Kier alpha value is -0.240. The van der Waals surface area contributed by atoms with Crippen molar-refractivity contribution < 1.29 is 29.5 Å². The summed E-state index contributed by atoms with van der Waals surface area (Å²) in [6.07, 6.45) is -4.83. The summed E-state index contributed by atoms with van der Waals surface area (Å²) >= 11 is 0. The van der Waals surface area contributed by atoms with E-state index < -0.39 is 30.7 Å². The van der Waals surface area contributed by atoms with Crippen molar-refractivity contribution in [2.24, 2.45) is 0 Å². The van der Waals surface area contributed by atoms with Crippen LogP contribution in [0.5, 0.6) is 0 Å². The van der Waals surface area contributed by atoms with Crippen molar-refractivity contribution in [3.63, 3.8) is 0 Å². The standard InChI is InChI=1S/C11H22O6/c1-4-15-11-10(16-6(2)3)9(14)8(13)7(5-12)17-11/h6-14H,4-5H2,1-3H3/t7-,8-,9+,10-,11-/m0/s1. The van der Waals surface area contributed by atoms with Crippen LogP contribution in [-0.4, -0.2) is 65.3 Å². The minimum atomic E-state index is -1.18. The zero-order valence-corrected chi connectivity index (χ0v) is 10.4. The molecule has 1 rings (SSSR count). The lowest BCUT2D eigenvalue weighted by molar-refractivity contribution is -0.313. The topological polar surface area (TPSA) is 88.4 Å². The molecule has 0 amide bonds. The average Bonchev–Trinajstić information content (AvgIpc) is 2.28. The summed E-state index contributed by atoms with van der Waals surface area (Å²) in [5.41, 5.74) is 0. The summed E-state index contributed by atoms with van der Waals surface area (Å²) in [5.74, 6) is 0. The summed E-state index contributed by atoms with van der Waals surface area (Å²) in [7, 11) is 0. The van der Waals surface area contributed by atoms with Gasteiger partial charge in [0.25, 0.3) is 0 Å². The normalized spacial score (nSPS) is 38.6. The minimum absolute atomic E-state index is 0.126. The SMILES string of the molecule is CCO[C@H]1O[C@@H](CO)[C@H](O)[C@@H](O)[C@@H]1OC(C)C. The molecule has 6 nitrogen and oxygen atoms in total. The Morgan fingerprint density at radius 1 is 1.24 bits per heavy atom. The number of aliphatic hydroxyl groups excluding tert-OH is 3. The van der Waals surface area contributed by atoms with E-state index in [4.69, 9.17) is 19.3 Å². The molecule has 1 heterocycles. The quantitative estimate of drug-likeness (QED) is 0.595. The van der Waals surface area contributed by atoms with E-state index in [9.17, 15) is 10.2 Å². The highest BCUT2D eigenvalue weighted by Gasteiger charge is 2.45. The van der Waals surface area contributed by atoms with Crippen molar-refractivity contribution in [3.05, 3.63) is 0 Å². The maximum atomic E-state index is 9.94. The van der Waals surface area contributed by atoms with Crippen LogP contribution in [0.3, 0.4) is 0 Å². The van der Waals surface area contributed by atoms with Crippen LogP contribution in [0.4, 0.5) is 0 Å². The molecule has 0 bridgehead atoms. The number of hydrogen-bond acceptors (Lipinski definition) is 6. The van der Waals surface area contributed by atoms with Gasteiger partial charge in [-0.2, -0.15) is 0 Å². The van der Waals surface area contributed by atoms with E-state index in [0.717, 1.165) is 0 Å². The summed E-state index contributed by atoms with van der Waals surface area (Å²) in [4.78, 5) is 0. The largest absolute Gasteiger partial charge is 0.394 e. The number of rotatable bonds is 5. The van der Waals surface area contributed by atoms with Crippen LogP contribution in [0.2, 0.25) is 0 Å². The van der Waals surface area contributed by atoms with Crippen molar-refractivity contribution in [1.29, 1.82) is 0 Å². The summed E-state index contributed by atoms with van der Waals surface area (Å²) < 4.78 is 16.2. The van der Waals surface area contributed by atoms with E-state index in [-0.39, 0.29) is 12.7 Å². The maximum Gasteiger partial charge on any atom is 0.186 e. The fourth-order valence-electron chi connectivity index (χ4n) is 1.81. The van der Waals surface area contributed by atoms with Crippen LogP contribution in [0.25, 0.3) is 0 Å². The molecule has 0 aliphatic carbocycles. The molecule has 0 radical (unpaired) electrons. The van der Waals surface area contributed by atoms with Crippen LogP contribution in [0.1, 0.15) is 20.8 Å². The summed E-state index contributed by atoms with van der Waals surface area (Å²) in [6.45, 7) is 5.45. The molecule has 0 aromatic heterocycles. The van der Waals surface area contributed by atoms with Gasteiger partial charge in [-0.1, -0.05) is 0 Å². The molecule has 1 aliphatic heterocycles. The predicted octanol–water partition coefficient (Wildman–Crippen LogP) is -0.745. The first-order valence-electron chi connectivity index (χ1n) is 5.90. The van der Waals surface area contributed by atoms with Gasteiger partial charge in [-0.15, -0.1) is 0 Å². The minimum Gasteiger partial charge on any atom is -0.394 e. The van der Waals surface area contributed by atoms with Gasteiger partial charge in [-0.3, -0.25) is 0 Å². The number of hydrogen-bond donors (Lipinski definition) is 3. The summed E-state index contributed by atoms with van der Waals surface area (Å²) in [5, 5.41) is 28.7. The second-order valence-electron chi connectivity index (χ2n) is 4.31. The molecule has 102 valence electrons. The van der Waals surface area contributed by atoms with Crippen molar-refractivity contribution in [3.8, 4) is 0 Å². The van der Waals surface area contributed by atoms with Crippen molar-refractivity contribution in [2.45, 2.75) is 57.6 Å². The summed E-state index contributed by atoms with van der Waals surface area (Å²) in [6, 6.07) is 0. The van der Waals surface area contributed by atoms with Crippen LogP contribution >= 0.6 is 0 Å². The lowest BCUT2D eigenvalue weighted by Gasteiger charge is -2.42. The molecule has 17 heavy (non-hydrogen) atoms. The van der Waals surface area contributed by atoms with E-state index in [0.29, 0.717) is 6.61 Å². The molecule has 1 saturated heterocycles. The Kier molecular flexibility index (Phi) is 5.78. The first-order chi connectivity index (χ1) is 8.01. The van der Waals surface area contributed by atoms with E-state index in [1.165, 1.54) is 0 Å². The molecular formula is C11H22O6. The highest BCUT2D eigenvalue weighted by Crippen LogP contribution is 2.25. The van der Waals surface area contributed by atoms with Crippen LogP contribution in [-0.2, 0) is 14.2 Å². The van der Waals surface area contributed by atoms with Gasteiger partial charge in [0.1, 0.15) is 24.4 Å². The van der Waals surface area contributed by atoms with Crippen LogP contribution in [0.15, 0.2) is 0 Å². The third-order valence-corrected chi connectivity index (χ3v) is 2.58. The molecule has 3 N–H and O–H groups in total. The molecule has 0 spiro atoms. The van der Waals surface area contributed by atoms with Gasteiger partial charge in [-0.25, -0.2) is 0 Å². The fraction of sp³-hybridized carbons (Fsp3) is 1.00. The molecule has 5 atom stereocenters. The fourth-order valence-corrected chi connectivity index (χ4v) is 1.81.